The van der Waals surface area contributed by atoms with Crippen LogP contribution in [0.5, 0.6) is 0 Å². The number of esters is 2. The minimum absolute atomic E-state index is 0.232. The number of methoxy groups -OCH3 is 2. The fourth-order valence-electron chi connectivity index (χ4n) is 1.23. The van der Waals surface area contributed by atoms with Gasteiger partial charge in [-0.1, -0.05) is 0 Å². The van der Waals surface area contributed by atoms with E-state index in [-0.39, 0.29) is 11.5 Å². The van der Waals surface area contributed by atoms with E-state index in [2.05, 4.69) is 9.47 Å². The van der Waals surface area contributed by atoms with Crippen molar-refractivity contribution >= 4 is 11.9 Å². The molecule has 1 aliphatic carbocycles. The lowest BCUT2D eigenvalue weighted by atomic mass is 10.1. The van der Waals surface area contributed by atoms with Crippen molar-refractivity contribution < 1.29 is 19.1 Å². The Morgan fingerprint density at radius 3 is 2.25 bits per heavy atom. The van der Waals surface area contributed by atoms with Crippen molar-refractivity contribution in [2.75, 3.05) is 14.2 Å². The van der Waals surface area contributed by atoms with Gasteiger partial charge in [0.1, 0.15) is 0 Å². The third kappa shape index (κ3) is 3.12. The van der Waals surface area contributed by atoms with Crippen LogP contribution in [0.3, 0.4) is 0 Å². The standard InChI is InChI=1S/C11H15NO4/c1-15-9(13)6-5-8(11(14)16-2)10(12)7-3-4-7/h5-7H,3-4,12H2,1-2H3. The maximum atomic E-state index is 11.4. The second-order valence-electron chi connectivity index (χ2n) is 3.49. The number of carbonyl (C=O) groups is 2. The van der Waals surface area contributed by atoms with Gasteiger partial charge in [-0.25, -0.2) is 9.59 Å². The van der Waals surface area contributed by atoms with Gasteiger partial charge in [-0.2, -0.15) is 0 Å². The molecule has 16 heavy (non-hydrogen) atoms. The first-order valence-corrected chi connectivity index (χ1v) is 4.94. The third-order valence-electron chi connectivity index (χ3n) is 2.32. The summed E-state index contributed by atoms with van der Waals surface area (Å²) in [6.07, 6.45) is 4.43. The largest absolute Gasteiger partial charge is 0.466 e. The van der Waals surface area contributed by atoms with Crippen LogP contribution in [-0.2, 0) is 19.1 Å². The van der Waals surface area contributed by atoms with Gasteiger partial charge in [0, 0.05) is 11.8 Å². The summed E-state index contributed by atoms with van der Waals surface area (Å²) < 4.78 is 9.03. The van der Waals surface area contributed by atoms with Crippen molar-refractivity contribution in [3.63, 3.8) is 0 Å². The average Bonchev–Trinajstić information content (AvgIpc) is 3.11. The van der Waals surface area contributed by atoms with Gasteiger partial charge >= 0.3 is 11.9 Å². The molecular formula is C11H15NO4. The van der Waals surface area contributed by atoms with E-state index in [0.29, 0.717) is 5.70 Å². The minimum Gasteiger partial charge on any atom is -0.466 e. The normalized spacial score (nSPS) is 16.9. The van der Waals surface area contributed by atoms with Gasteiger partial charge in [-0.15, -0.1) is 0 Å². The molecule has 88 valence electrons. The zero-order valence-electron chi connectivity index (χ0n) is 9.36. The highest BCUT2D eigenvalue weighted by Crippen LogP contribution is 2.35. The molecular weight excluding hydrogens is 210 g/mol. The van der Waals surface area contributed by atoms with Crippen LogP contribution in [0.15, 0.2) is 23.4 Å². The third-order valence-corrected chi connectivity index (χ3v) is 2.32. The van der Waals surface area contributed by atoms with Crippen LogP contribution in [0.1, 0.15) is 12.8 Å². The Morgan fingerprint density at radius 2 is 1.81 bits per heavy atom. The molecule has 0 spiro atoms. The molecule has 0 aromatic heterocycles. The Balaban J connectivity index is 2.87. The Hall–Kier alpha value is -1.78. The molecule has 0 radical (unpaired) electrons. The molecule has 1 rings (SSSR count). The summed E-state index contributed by atoms with van der Waals surface area (Å²) in [7, 11) is 2.53. The summed E-state index contributed by atoms with van der Waals surface area (Å²) in [5.41, 5.74) is 6.51. The Labute approximate surface area is 93.9 Å². The molecule has 5 heteroatoms. The predicted octanol–water partition coefficient (Wildman–Crippen LogP) is 0.511. The lowest BCUT2D eigenvalue weighted by molar-refractivity contribution is -0.135. The molecule has 0 atom stereocenters. The van der Waals surface area contributed by atoms with Crippen LogP contribution in [0.2, 0.25) is 0 Å². The van der Waals surface area contributed by atoms with Crippen molar-refractivity contribution in [3.05, 3.63) is 23.4 Å². The number of carbonyl (C=O) groups excluding carboxylic acids is 2. The molecule has 2 N–H and O–H groups in total. The average molecular weight is 225 g/mol. The van der Waals surface area contributed by atoms with Crippen molar-refractivity contribution in [3.8, 4) is 0 Å². The molecule has 0 unspecified atom stereocenters. The zero-order chi connectivity index (χ0) is 12.1. The number of nitrogens with two attached hydrogens (primary N) is 1. The summed E-state index contributed by atoms with van der Waals surface area (Å²) in [5.74, 6) is -0.842. The highest BCUT2D eigenvalue weighted by atomic mass is 16.5. The first kappa shape index (κ1) is 12.3. The first-order chi connectivity index (χ1) is 7.60. The lowest BCUT2D eigenvalue weighted by Gasteiger charge is -2.05. The van der Waals surface area contributed by atoms with Crippen LogP contribution in [0.25, 0.3) is 0 Å². The van der Waals surface area contributed by atoms with Gasteiger partial charge in [0.05, 0.1) is 19.8 Å². The second kappa shape index (κ2) is 5.34. The summed E-state index contributed by atoms with van der Waals surface area (Å²) in [4.78, 5) is 22.3. The summed E-state index contributed by atoms with van der Waals surface area (Å²) in [6.45, 7) is 0. The number of allylic oxidation sites excluding steroid dienone is 1. The van der Waals surface area contributed by atoms with Crippen LogP contribution < -0.4 is 5.73 Å². The highest BCUT2D eigenvalue weighted by Gasteiger charge is 2.28. The number of hydrogen-bond acceptors (Lipinski definition) is 5. The van der Waals surface area contributed by atoms with E-state index in [9.17, 15) is 9.59 Å². The Bertz CT molecular complexity index is 353. The molecule has 1 aliphatic rings. The number of hydrogen-bond donors (Lipinski definition) is 1. The first-order valence-electron chi connectivity index (χ1n) is 4.94. The lowest BCUT2D eigenvalue weighted by Crippen LogP contribution is -2.13. The van der Waals surface area contributed by atoms with Crippen molar-refractivity contribution in [1.82, 2.24) is 0 Å². The number of ether oxygens (including phenoxy) is 2. The minimum atomic E-state index is -0.537. The summed E-state index contributed by atoms with van der Waals surface area (Å²) in [5, 5.41) is 0. The van der Waals surface area contributed by atoms with E-state index in [1.807, 2.05) is 0 Å². The van der Waals surface area contributed by atoms with E-state index in [0.717, 1.165) is 18.9 Å². The summed E-state index contributed by atoms with van der Waals surface area (Å²) >= 11 is 0. The van der Waals surface area contributed by atoms with Gasteiger partial charge in [-0.3, -0.25) is 0 Å². The van der Waals surface area contributed by atoms with Crippen LogP contribution in [0.4, 0.5) is 0 Å². The van der Waals surface area contributed by atoms with Gasteiger partial charge in [-0.05, 0) is 24.8 Å². The number of rotatable bonds is 4. The molecule has 0 bridgehead atoms. The SMILES string of the molecule is COC(=O)C=CC(C(=O)OC)=C(N)C1CC1. The molecule has 1 fully saturated rings. The molecule has 0 saturated heterocycles. The monoisotopic (exact) mass is 225 g/mol. The zero-order valence-corrected chi connectivity index (χ0v) is 9.36. The maximum absolute atomic E-state index is 11.4. The molecule has 0 heterocycles. The fraction of sp³-hybridized carbons (Fsp3) is 0.455. The van der Waals surface area contributed by atoms with Crippen molar-refractivity contribution in [2.24, 2.45) is 11.7 Å². The molecule has 0 aliphatic heterocycles. The second-order valence-corrected chi connectivity index (χ2v) is 3.49. The smallest absolute Gasteiger partial charge is 0.339 e. The molecule has 1 saturated carbocycles. The molecule has 0 amide bonds. The van der Waals surface area contributed by atoms with Crippen LogP contribution >= 0.6 is 0 Å². The Morgan fingerprint density at radius 1 is 1.19 bits per heavy atom. The molecule has 5 nitrogen and oxygen atoms in total. The fourth-order valence-corrected chi connectivity index (χ4v) is 1.23. The maximum Gasteiger partial charge on any atom is 0.339 e. The predicted molar refractivity (Wildman–Crippen MR) is 57.1 cm³/mol. The van der Waals surface area contributed by atoms with Gasteiger partial charge in [0.15, 0.2) is 0 Å². The van der Waals surface area contributed by atoms with Gasteiger partial charge < -0.3 is 15.2 Å². The van der Waals surface area contributed by atoms with E-state index >= 15 is 0 Å². The Kier molecular flexibility index (Phi) is 4.10. The van der Waals surface area contributed by atoms with E-state index < -0.39 is 11.9 Å². The van der Waals surface area contributed by atoms with E-state index in [4.69, 9.17) is 5.73 Å². The van der Waals surface area contributed by atoms with E-state index in [1.54, 1.807) is 0 Å². The van der Waals surface area contributed by atoms with Gasteiger partial charge in [0.25, 0.3) is 0 Å². The van der Waals surface area contributed by atoms with Crippen LogP contribution in [0, 0.1) is 5.92 Å². The van der Waals surface area contributed by atoms with E-state index in [1.165, 1.54) is 20.3 Å². The van der Waals surface area contributed by atoms with Crippen molar-refractivity contribution in [1.29, 1.82) is 0 Å². The van der Waals surface area contributed by atoms with Crippen LogP contribution in [-0.4, -0.2) is 26.2 Å². The summed E-state index contributed by atoms with van der Waals surface area (Å²) in [6, 6.07) is 0. The highest BCUT2D eigenvalue weighted by molar-refractivity contribution is 5.94. The van der Waals surface area contributed by atoms with Gasteiger partial charge in [0.2, 0.25) is 0 Å². The topological polar surface area (TPSA) is 78.6 Å². The quantitative estimate of drug-likeness (QED) is 0.428. The molecule has 0 aromatic rings. The molecule has 0 aromatic carbocycles. The van der Waals surface area contributed by atoms with Crippen molar-refractivity contribution in [2.45, 2.75) is 12.8 Å².